The van der Waals surface area contributed by atoms with E-state index >= 15 is 0 Å². The molecule has 1 N–H and O–H groups in total. The number of amides is 1. The molecule has 0 heterocycles. The van der Waals surface area contributed by atoms with E-state index in [4.69, 9.17) is 0 Å². The molecule has 0 radical (unpaired) electrons. The van der Waals surface area contributed by atoms with E-state index in [1.54, 1.807) is 18.2 Å². The van der Waals surface area contributed by atoms with Crippen molar-refractivity contribution in [2.75, 3.05) is 23.7 Å². The molecule has 1 amide bonds. The van der Waals surface area contributed by atoms with Crippen molar-refractivity contribution < 1.29 is 18.0 Å². The molecule has 0 spiro atoms. The van der Waals surface area contributed by atoms with Gasteiger partial charge in [-0.1, -0.05) is 31.4 Å². The molecule has 1 aromatic rings. The van der Waals surface area contributed by atoms with E-state index in [0.29, 0.717) is 23.7 Å². The van der Waals surface area contributed by atoms with Crippen molar-refractivity contribution in [3.8, 4) is 0 Å². The van der Waals surface area contributed by atoms with Gasteiger partial charge < -0.3 is 5.32 Å². The Morgan fingerprint density at radius 1 is 1.20 bits per heavy atom. The number of ketones is 1. The molecule has 0 unspecified atom stereocenters. The van der Waals surface area contributed by atoms with Crippen LogP contribution in [0, 0.1) is 5.92 Å². The first kappa shape index (κ1) is 19.4. The molecule has 25 heavy (non-hydrogen) atoms. The van der Waals surface area contributed by atoms with E-state index in [1.165, 1.54) is 32.3 Å². The van der Waals surface area contributed by atoms with Crippen molar-refractivity contribution >= 4 is 27.4 Å². The minimum Gasteiger partial charge on any atom is -0.354 e. The van der Waals surface area contributed by atoms with Crippen molar-refractivity contribution in [1.29, 1.82) is 0 Å². The monoisotopic (exact) mass is 366 g/mol. The van der Waals surface area contributed by atoms with Gasteiger partial charge in [0, 0.05) is 12.1 Å². The fourth-order valence-electron chi connectivity index (χ4n) is 3.12. The van der Waals surface area contributed by atoms with Gasteiger partial charge in [0.25, 0.3) is 0 Å². The predicted molar refractivity (Wildman–Crippen MR) is 98.2 cm³/mol. The average Bonchev–Trinajstić information content (AvgIpc) is 2.58. The van der Waals surface area contributed by atoms with Crippen LogP contribution in [0.25, 0.3) is 0 Å². The fourth-order valence-corrected chi connectivity index (χ4v) is 3.96. The van der Waals surface area contributed by atoms with Crippen LogP contribution in [0.15, 0.2) is 24.3 Å². The van der Waals surface area contributed by atoms with Crippen molar-refractivity contribution in [3.63, 3.8) is 0 Å². The first-order chi connectivity index (χ1) is 11.8. The Balaban J connectivity index is 2.06. The second-order valence-electron chi connectivity index (χ2n) is 6.68. The molecular weight excluding hydrogens is 340 g/mol. The third kappa shape index (κ3) is 5.85. The maximum Gasteiger partial charge on any atom is 0.240 e. The Hall–Kier alpha value is -1.89. The number of carbonyl (C=O) groups is 2. The molecule has 6 nitrogen and oxygen atoms in total. The van der Waals surface area contributed by atoms with Crippen LogP contribution in [0.4, 0.5) is 5.69 Å². The number of hydrogen-bond acceptors (Lipinski definition) is 4. The Bertz CT molecular complexity index is 724. The van der Waals surface area contributed by atoms with Gasteiger partial charge in [-0.15, -0.1) is 0 Å². The number of benzene rings is 1. The Morgan fingerprint density at radius 3 is 2.48 bits per heavy atom. The lowest BCUT2D eigenvalue weighted by Gasteiger charge is -2.24. The zero-order valence-corrected chi connectivity index (χ0v) is 15.6. The predicted octanol–water partition coefficient (Wildman–Crippen LogP) is 2.35. The molecule has 1 saturated carbocycles. The van der Waals surface area contributed by atoms with Gasteiger partial charge in [-0.2, -0.15) is 0 Å². The highest BCUT2D eigenvalue weighted by Gasteiger charge is 2.22. The molecule has 1 aliphatic rings. The maximum absolute atomic E-state index is 12.3. The third-order valence-electron chi connectivity index (χ3n) is 4.54. The summed E-state index contributed by atoms with van der Waals surface area (Å²) >= 11 is 0. The van der Waals surface area contributed by atoms with Crippen molar-refractivity contribution in [3.05, 3.63) is 29.8 Å². The number of rotatable bonds is 7. The second kappa shape index (κ2) is 8.47. The van der Waals surface area contributed by atoms with Gasteiger partial charge in [0.05, 0.1) is 11.9 Å². The Morgan fingerprint density at radius 2 is 1.88 bits per heavy atom. The minimum absolute atomic E-state index is 0.156. The minimum atomic E-state index is -3.64. The van der Waals surface area contributed by atoms with E-state index in [9.17, 15) is 18.0 Å². The summed E-state index contributed by atoms with van der Waals surface area (Å²) in [5, 5.41) is 2.85. The number of nitrogens with one attached hydrogen (secondary N) is 1. The number of hydrogen-bond donors (Lipinski definition) is 1. The smallest absolute Gasteiger partial charge is 0.240 e. The zero-order valence-electron chi connectivity index (χ0n) is 14.8. The average molecular weight is 366 g/mol. The van der Waals surface area contributed by atoms with Crippen molar-refractivity contribution in [2.45, 2.75) is 39.0 Å². The highest BCUT2D eigenvalue weighted by molar-refractivity contribution is 7.92. The Kier molecular flexibility index (Phi) is 6.58. The van der Waals surface area contributed by atoms with Crippen LogP contribution in [-0.2, 0) is 14.8 Å². The molecule has 1 fully saturated rings. The standard InChI is InChI=1S/C18H26N2O4S/c1-14(21)16-9-6-10-17(11-16)20(25(2,23)24)13-18(22)19-12-15-7-4-3-5-8-15/h6,9-11,15H,3-5,7-8,12-13H2,1-2H3,(H,19,22). The van der Waals surface area contributed by atoms with E-state index in [0.717, 1.165) is 23.4 Å². The van der Waals surface area contributed by atoms with Gasteiger partial charge in [0.15, 0.2) is 5.78 Å². The molecule has 0 saturated heterocycles. The van der Waals surface area contributed by atoms with Gasteiger partial charge >= 0.3 is 0 Å². The lowest BCUT2D eigenvalue weighted by atomic mass is 9.89. The van der Waals surface area contributed by atoms with Crippen LogP contribution in [0.3, 0.4) is 0 Å². The summed E-state index contributed by atoms with van der Waals surface area (Å²) in [5.74, 6) is -0.00768. The number of Topliss-reactive ketones (excluding diaryl/α,β-unsaturated/α-hetero) is 1. The number of nitrogens with zero attached hydrogens (tertiary/aromatic N) is 1. The summed E-state index contributed by atoms with van der Waals surface area (Å²) < 4.78 is 25.3. The van der Waals surface area contributed by atoms with E-state index in [-0.39, 0.29) is 18.2 Å². The number of anilines is 1. The van der Waals surface area contributed by atoms with E-state index in [2.05, 4.69) is 5.32 Å². The van der Waals surface area contributed by atoms with Gasteiger partial charge in [-0.3, -0.25) is 13.9 Å². The maximum atomic E-state index is 12.3. The van der Waals surface area contributed by atoms with Crippen LogP contribution < -0.4 is 9.62 Å². The quantitative estimate of drug-likeness (QED) is 0.751. The summed E-state index contributed by atoms with van der Waals surface area (Å²) in [5.41, 5.74) is 0.733. The summed E-state index contributed by atoms with van der Waals surface area (Å²) in [4.78, 5) is 23.8. The van der Waals surface area contributed by atoms with E-state index < -0.39 is 10.0 Å². The molecule has 138 valence electrons. The second-order valence-corrected chi connectivity index (χ2v) is 8.59. The highest BCUT2D eigenvalue weighted by atomic mass is 32.2. The van der Waals surface area contributed by atoms with Crippen LogP contribution in [0.5, 0.6) is 0 Å². The largest absolute Gasteiger partial charge is 0.354 e. The molecule has 2 rings (SSSR count). The summed E-state index contributed by atoms with van der Waals surface area (Å²) in [7, 11) is -3.64. The third-order valence-corrected chi connectivity index (χ3v) is 5.68. The number of carbonyl (C=O) groups excluding carboxylic acids is 2. The van der Waals surface area contributed by atoms with Gasteiger partial charge in [0.2, 0.25) is 15.9 Å². The summed E-state index contributed by atoms with van der Waals surface area (Å²) in [6.45, 7) is 1.72. The molecular formula is C18H26N2O4S. The topological polar surface area (TPSA) is 83.6 Å². The fraction of sp³-hybridized carbons (Fsp3) is 0.556. The molecule has 7 heteroatoms. The lowest BCUT2D eigenvalue weighted by molar-refractivity contribution is -0.119. The van der Waals surface area contributed by atoms with Crippen molar-refractivity contribution in [2.24, 2.45) is 5.92 Å². The molecule has 1 aromatic carbocycles. The SMILES string of the molecule is CC(=O)c1cccc(N(CC(=O)NCC2CCCCC2)S(C)(=O)=O)c1. The van der Waals surface area contributed by atoms with Gasteiger partial charge in [-0.05, 0) is 37.8 Å². The van der Waals surface area contributed by atoms with Gasteiger partial charge in [-0.25, -0.2) is 8.42 Å². The normalized spacial score (nSPS) is 15.6. The zero-order chi connectivity index (χ0) is 18.4. The molecule has 0 aromatic heterocycles. The number of sulfonamides is 1. The van der Waals surface area contributed by atoms with Crippen LogP contribution in [0.2, 0.25) is 0 Å². The van der Waals surface area contributed by atoms with Crippen LogP contribution in [0.1, 0.15) is 49.4 Å². The van der Waals surface area contributed by atoms with E-state index in [1.807, 2.05) is 0 Å². The van der Waals surface area contributed by atoms with Gasteiger partial charge in [0.1, 0.15) is 6.54 Å². The summed E-state index contributed by atoms with van der Waals surface area (Å²) in [6.07, 6.45) is 6.90. The van der Waals surface area contributed by atoms with Crippen molar-refractivity contribution in [1.82, 2.24) is 5.32 Å². The van der Waals surface area contributed by atoms with Crippen LogP contribution in [-0.4, -0.2) is 39.5 Å². The molecule has 0 atom stereocenters. The lowest BCUT2D eigenvalue weighted by Crippen LogP contribution is -2.42. The highest BCUT2D eigenvalue weighted by Crippen LogP contribution is 2.23. The molecule has 0 aliphatic heterocycles. The first-order valence-corrected chi connectivity index (χ1v) is 10.5. The first-order valence-electron chi connectivity index (χ1n) is 8.63. The molecule has 1 aliphatic carbocycles. The Labute approximate surface area is 149 Å². The summed E-state index contributed by atoms with van der Waals surface area (Å²) in [6, 6.07) is 6.32. The van der Waals surface area contributed by atoms with Crippen LogP contribution >= 0.6 is 0 Å². The molecule has 0 bridgehead atoms.